The van der Waals surface area contributed by atoms with Crippen LogP contribution in [0.15, 0.2) is 12.1 Å². The first-order valence-electron chi connectivity index (χ1n) is 4.91. The number of rotatable bonds is 2. The van der Waals surface area contributed by atoms with Gasteiger partial charge in [-0.05, 0) is 12.1 Å². The van der Waals surface area contributed by atoms with Gasteiger partial charge in [-0.3, -0.25) is 0 Å². The van der Waals surface area contributed by atoms with Crippen LogP contribution >= 0.6 is 11.6 Å². The molecule has 84 valence electrons. The fraction of sp³-hybridized carbons (Fsp3) is 0.455. The molecule has 0 aromatic carbocycles. The highest BCUT2D eigenvalue weighted by Crippen LogP contribution is 2.33. The third-order valence-electron chi connectivity index (χ3n) is 2.77. The zero-order valence-electron chi connectivity index (χ0n) is 8.86. The highest BCUT2D eigenvalue weighted by atomic mass is 35.5. The molecule has 0 spiro atoms. The van der Waals surface area contributed by atoms with E-state index in [1.807, 2.05) is 0 Å². The summed E-state index contributed by atoms with van der Waals surface area (Å²) < 4.78 is 10.8. The average Bonchev–Trinajstić information content (AvgIpc) is 2.78. The molecular weight excluding hydrogens is 228 g/mol. The largest absolute Gasteiger partial charge is 0.378 e. The van der Waals surface area contributed by atoms with E-state index in [-0.39, 0.29) is 0 Å². The minimum atomic E-state index is -0.559. The Kier molecular flexibility index (Phi) is 3.10. The summed E-state index contributed by atoms with van der Waals surface area (Å²) in [5, 5.41) is 9.18. The molecule has 0 aliphatic carbocycles. The summed E-state index contributed by atoms with van der Waals surface area (Å²) >= 11 is 5.87. The van der Waals surface area contributed by atoms with Crippen LogP contribution in [0, 0.1) is 11.3 Å². The quantitative estimate of drug-likeness (QED) is 0.738. The zero-order valence-corrected chi connectivity index (χ0v) is 9.62. The molecule has 5 heteroatoms. The highest BCUT2D eigenvalue weighted by molar-refractivity contribution is 6.29. The lowest BCUT2D eigenvalue weighted by Crippen LogP contribution is -2.30. The van der Waals surface area contributed by atoms with Crippen molar-refractivity contribution in [1.29, 1.82) is 5.26 Å². The van der Waals surface area contributed by atoms with Gasteiger partial charge in [-0.25, -0.2) is 4.98 Å². The molecule has 1 aliphatic rings. The van der Waals surface area contributed by atoms with Gasteiger partial charge in [0.2, 0.25) is 0 Å². The number of hydrogen-bond donors (Lipinski definition) is 0. The van der Waals surface area contributed by atoms with Crippen molar-refractivity contribution in [1.82, 2.24) is 4.98 Å². The molecule has 2 heterocycles. The van der Waals surface area contributed by atoms with Gasteiger partial charge in [0.15, 0.2) is 0 Å². The van der Waals surface area contributed by atoms with Gasteiger partial charge >= 0.3 is 0 Å². The number of aromatic nitrogens is 1. The minimum absolute atomic E-state index is 0.303. The molecule has 2 rings (SSSR count). The molecule has 1 aromatic heterocycles. The van der Waals surface area contributed by atoms with E-state index in [1.165, 1.54) is 6.07 Å². The molecule has 4 nitrogen and oxygen atoms in total. The van der Waals surface area contributed by atoms with Crippen LogP contribution < -0.4 is 0 Å². The molecule has 0 radical (unpaired) electrons. The summed E-state index contributed by atoms with van der Waals surface area (Å²) in [6, 6.07) is 5.28. The van der Waals surface area contributed by atoms with Crippen LogP contribution in [-0.2, 0) is 15.1 Å². The number of halogens is 1. The van der Waals surface area contributed by atoms with Crippen molar-refractivity contribution in [2.45, 2.75) is 12.0 Å². The van der Waals surface area contributed by atoms with Gasteiger partial charge in [0.05, 0.1) is 23.9 Å². The lowest BCUT2D eigenvalue weighted by molar-refractivity contribution is -0.0246. The Hall–Kier alpha value is -1.15. The minimum Gasteiger partial charge on any atom is -0.378 e. The number of hydrogen-bond acceptors (Lipinski definition) is 4. The van der Waals surface area contributed by atoms with Crippen LogP contribution in [0.25, 0.3) is 0 Å². The summed E-state index contributed by atoms with van der Waals surface area (Å²) in [5.74, 6) is 0. The highest BCUT2D eigenvalue weighted by Gasteiger charge is 2.38. The lowest BCUT2D eigenvalue weighted by atomic mass is 9.97. The maximum Gasteiger partial charge on any atom is 0.135 e. The van der Waals surface area contributed by atoms with Crippen molar-refractivity contribution in [3.05, 3.63) is 28.5 Å². The fourth-order valence-electron chi connectivity index (χ4n) is 1.81. The van der Waals surface area contributed by atoms with Gasteiger partial charge < -0.3 is 9.47 Å². The van der Waals surface area contributed by atoms with E-state index in [1.54, 1.807) is 13.2 Å². The molecule has 0 saturated carbocycles. The van der Waals surface area contributed by atoms with Crippen LogP contribution in [0.3, 0.4) is 0 Å². The number of nitriles is 1. The van der Waals surface area contributed by atoms with Crippen molar-refractivity contribution in [2.75, 3.05) is 20.3 Å². The maximum absolute atomic E-state index is 8.88. The fourth-order valence-corrected chi connectivity index (χ4v) is 2.02. The second-order valence-electron chi connectivity index (χ2n) is 3.68. The van der Waals surface area contributed by atoms with E-state index >= 15 is 0 Å². The van der Waals surface area contributed by atoms with E-state index in [2.05, 4.69) is 11.1 Å². The van der Waals surface area contributed by atoms with Gasteiger partial charge in [0, 0.05) is 20.1 Å². The van der Waals surface area contributed by atoms with Crippen molar-refractivity contribution in [3.8, 4) is 6.07 Å². The Balaban J connectivity index is 2.46. The standard InChI is InChI=1S/C11H11ClN2O2/c1-15-11(2-3-16-7-11)9-4-8(6-13)5-10(12)14-9/h4-5H,2-3,7H2,1H3. The van der Waals surface area contributed by atoms with Crippen LogP contribution in [0.1, 0.15) is 17.7 Å². The maximum atomic E-state index is 8.88. The predicted octanol–water partition coefficient (Wildman–Crippen LogP) is 1.87. The van der Waals surface area contributed by atoms with Crippen molar-refractivity contribution < 1.29 is 9.47 Å². The van der Waals surface area contributed by atoms with E-state index < -0.39 is 5.60 Å². The third kappa shape index (κ3) is 1.90. The summed E-state index contributed by atoms with van der Waals surface area (Å²) in [7, 11) is 1.61. The molecular formula is C11H11ClN2O2. The first-order chi connectivity index (χ1) is 7.70. The van der Waals surface area contributed by atoms with Gasteiger partial charge in [-0.15, -0.1) is 0 Å². The lowest BCUT2D eigenvalue weighted by Gasteiger charge is -2.25. The molecule has 1 aromatic rings. The van der Waals surface area contributed by atoms with Crippen LogP contribution in [0.5, 0.6) is 0 Å². The monoisotopic (exact) mass is 238 g/mol. The summed E-state index contributed by atoms with van der Waals surface area (Å²) in [4.78, 5) is 4.22. The van der Waals surface area contributed by atoms with E-state index in [9.17, 15) is 0 Å². The number of ether oxygens (including phenoxy) is 2. The normalized spacial score (nSPS) is 24.3. The Morgan fingerprint density at radius 1 is 1.62 bits per heavy atom. The Labute approximate surface area is 98.8 Å². The van der Waals surface area contributed by atoms with Crippen LogP contribution in [0.4, 0.5) is 0 Å². The molecule has 0 amide bonds. The van der Waals surface area contributed by atoms with E-state index in [4.69, 9.17) is 26.3 Å². The second kappa shape index (κ2) is 4.38. The first-order valence-corrected chi connectivity index (χ1v) is 5.29. The molecule has 0 N–H and O–H groups in total. The Morgan fingerprint density at radius 2 is 2.44 bits per heavy atom. The topological polar surface area (TPSA) is 55.1 Å². The van der Waals surface area contributed by atoms with E-state index in [0.29, 0.717) is 29.6 Å². The van der Waals surface area contributed by atoms with E-state index in [0.717, 1.165) is 6.42 Å². The van der Waals surface area contributed by atoms with Gasteiger partial charge in [-0.2, -0.15) is 5.26 Å². The molecule has 1 aliphatic heterocycles. The summed E-state index contributed by atoms with van der Waals surface area (Å²) in [6.07, 6.45) is 0.724. The van der Waals surface area contributed by atoms with Crippen molar-refractivity contribution in [3.63, 3.8) is 0 Å². The van der Waals surface area contributed by atoms with Gasteiger partial charge in [0.25, 0.3) is 0 Å². The predicted molar refractivity (Wildman–Crippen MR) is 58.1 cm³/mol. The third-order valence-corrected chi connectivity index (χ3v) is 2.96. The van der Waals surface area contributed by atoms with Crippen LogP contribution in [-0.4, -0.2) is 25.3 Å². The zero-order chi connectivity index (χ0) is 11.6. The molecule has 1 saturated heterocycles. The van der Waals surface area contributed by atoms with Gasteiger partial charge in [0.1, 0.15) is 10.8 Å². The first kappa shape index (κ1) is 11.3. The SMILES string of the molecule is COC1(c2cc(C#N)cc(Cl)n2)CCOC1. The molecule has 1 fully saturated rings. The van der Waals surface area contributed by atoms with Gasteiger partial charge in [-0.1, -0.05) is 11.6 Å². The van der Waals surface area contributed by atoms with Crippen LogP contribution in [0.2, 0.25) is 5.15 Å². The Morgan fingerprint density at radius 3 is 3.00 bits per heavy atom. The van der Waals surface area contributed by atoms with Crippen molar-refractivity contribution in [2.24, 2.45) is 0 Å². The Bertz CT molecular complexity index is 436. The summed E-state index contributed by atoms with van der Waals surface area (Å²) in [5.41, 5.74) is 0.589. The number of methoxy groups -OCH3 is 1. The molecule has 16 heavy (non-hydrogen) atoms. The molecule has 0 bridgehead atoms. The average molecular weight is 239 g/mol. The van der Waals surface area contributed by atoms with Crippen molar-refractivity contribution >= 4 is 11.6 Å². The smallest absolute Gasteiger partial charge is 0.135 e. The summed E-state index contributed by atoms with van der Waals surface area (Å²) in [6.45, 7) is 1.08. The molecule has 1 unspecified atom stereocenters. The molecule has 1 atom stereocenters. The number of pyridine rings is 1. The second-order valence-corrected chi connectivity index (χ2v) is 4.06. The number of nitrogens with zero attached hydrogens (tertiary/aromatic N) is 2.